The maximum atomic E-state index is 12.2. The van der Waals surface area contributed by atoms with E-state index in [4.69, 9.17) is 0 Å². The zero-order valence-corrected chi connectivity index (χ0v) is 14.2. The smallest absolute Gasteiger partial charge is 0.251 e. The molecule has 0 fully saturated rings. The van der Waals surface area contributed by atoms with E-state index >= 15 is 0 Å². The van der Waals surface area contributed by atoms with Gasteiger partial charge in [-0.25, -0.2) is 0 Å². The molecule has 0 spiro atoms. The number of carbonyl (C=O) groups excluding carboxylic acids is 1. The van der Waals surface area contributed by atoms with Crippen LogP contribution in [0.4, 0.5) is 0 Å². The van der Waals surface area contributed by atoms with Crippen molar-refractivity contribution in [2.24, 2.45) is 0 Å². The first-order chi connectivity index (χ1) is 10.8. The Balaban J connectivity index is 0.00000192. The number of hydrogen-bond acceptors (Lipinski definition) is 2. The van der Waals surface area contributed by atoms with E-state index in [-0.39, 0.29) is 18.3 Å². The molecule has 1 aliphatic carbocycles. The first kappa shape index (κ1) is 17.5. The van der Waals surface area contributed by atoms with Gasteiger partial charge in [-0.1, -0.05) is 37.3 Å². The summed E-state index contributed by atoms with van der Waals surface area (Å²) in [6, 6.07) is 14.5. The molecule has 2 N–H and O–H groups in total. The number of carbonyl (C=O) groups is 1. The Hall–Kier alpha value is -1.84. The minimum absolute atomic E-state index is 0. The Morgan fingerprint density at radius 3 is 2.61 bits per heavy atom. The highest BCUT2D eigenvalue weighted by atomic mass is 35.5. The van der Waals surface area contributed by atoms with Crippen molar-refractivity contribution in [2.75, 3.05) is 19.6 Å². The summed E-state index contributed by atoms with van der Waals surface area (Å²) in [6.07, 6.45) is 2.03. The summed E-state index contributed by atoms with van der Waals surface area (Å²) in [4.78, 5) is 12.2. The molecule has 0 heterocycles. The summed E-state index contributed by atoms with van der Waals surface area (Å²) in [7, 11) is 0. The lowest BCUT2D eigenvalue weighted by molar-refractivity contribution is 0.0954. The van der Waals surface area contributed by atoms with Gasteiger partial charge in [-0.2, -0.15) is 0 Å². The molecule has 2 aromatic carbocycles. The number of benzene rings is 2. The van der Waals surface area contributed by atoms with Gasteiger partial charge in [0.25, 0.3) is 5.91 Å². The Morgan fingerprint density at radius 1 is 1.00 bits per heavy atom. The molecule has 2 aromatic rings. The molecule has 0 saturated heterocycles. The molecule has 1 aliphatic rings. The van der Waals surface area contributed by atoms with Crippen molar-refractivity contribution in [1.29, 1.82) is 0 Å². The largest absolute Gasteiger partial charge is 0.351 e. The van der Waals surface area contributed by atoms with Crippen molar-refractivity contribution in [3.05, 3.63) is 59.2 Å². The second-order valence-corrected chi connectivity index (χ2v) is 5.71. The van der Waals surface area contributed by atoms with Crippen LogP contribution in [0.1, 0.15) is 34.8 Å². The van der Waals surface area contributed by atoms with Crippen LogP contribution in [0.2, 0.25) is 0 Å². The first-order valence-electron chi connectivity index (χ1n) is 7.99. The van der Waals surface area contributed by atoms with Crippen molar-refractivity contribution in [2.45, 2.75) is 19.8 Å². The third kappa shape index (κ3) is 3.92. The van der Waals surface area contributed by atoms with Crippen molar-refractivity contribution >= 4 is 18.3 Å². The molecule has 0 aromatic heterocycles. The molecule has 3 rings (SSSR count). The van der Waals surface area contributed by atoms with Gasteiger partial charge in [0.15, 0.2) is 0 Å². The fourth-order valence-electron chi connectivity index (χ4n) is 2.95. The Labute approximate surface area is 143 Å². The van der Waals surface area contributed by atoms with E-state index in [0.717, 1.165) is 31.5 Å². The van der Waals surface area contributed by atoms with E-state index in [1.54, 1.807) is 0 Å². The maximum absolute atomic E-state index is 12.2. The van der Waals surface area contributed by atoms with Crippen molar-refractivity contribution in [3.63, 3.8) is 0 Å². The lowest BCUT2D eigenvalue weighted by atomic mass is 10.0. The van der Waals surface area contributed by atoms with Crippen LogP contribution < -0.4 is 10.6 Å². The van der Waals surface area contributed by atoms with E-state index in [9.17, 15) is 4.79 Å². The number of amides is 1. The van der Waals surface area contributed by atoms with Crippen molar-refractivity contribution in [3.8, 4) is 11.1 Å². The van der Waals surface area contributed by atoms with Gasteiger partial charge in [0.2, 0.25) is 0 Å². The van der Waals surface area contributed by atoms with E-state index < -0.39 is 0 Å². The second kappa shape index (κ2) is 8.14. The van der Waals surface area contributed by atoms with Crippen LogP contribution in [0, 0.1) is 0 Å². The summed E-state index contributed by atoms with van der Waals surface area (Å²) in [5, 5.41) is 6.25. The molecule has 1 amide bonds. The molecule has 0 saturated carbocycles. The molecule has 0 radical (unpaired) electrons. The van der Waals surface area contributed by atoms with Gasteiger partial charge in [0.05, 0.1) is 0 Å². The van der Waals surface area contributed by atoms with Crippen molar-refractivity contribution < 1.29 is 4.79 Å². The fraction of sp³-hybridized carbons (Fsp3) is 0.316. The highest BCUT2D eigenvalue weighted by Gasteiger charge is 2.19. The average molecular weight is 331 g/mol. The molecule has 0 unspecified atom stereocenters. The number of halogens is 1. The van der Waals surface area contributed by atoms with E-state index in [0.29, 0.717) is 6.54 Å². The molecule has 0 bridgehead atoms. The topological polar surface area (TPSA) is 41.1 Å². The predicted octanol–water partition coefficient (Wildman–Crippen LogP) is 3.41. The van der Waals surface area contributed by atoms with Crippen LogP contribution in [0.3, 0.4) is 0 Å². The molecule has 0 atom stereocenters. The van der Waals surface area contributed by atoms with Gasteiger partial charge in [0, 0.05) is 18.7 Å². The van der Waals surface area contributed by atoms with Gasteiger partial charge in [0.1, 0.15) is 0 Å². The number of nitrogens with one attached hydrogen (secondary N) is 2. The molecule has 122 valence electrons. The van der Waals surface area contributed by atoms with Crippen molar-refractivity contribution in [1.82, 2.24) is 10.6 Å². The van der Waals surface area contributed by atoms with Crippen LogP contribution in [0.15, 0.2) is 42.5 Å². The van der Waals surface area contributed by atoms with Gasteiger partial charge < -0.3 is 10.6 Å². The van der Waals surface area contributed by atoms with Crippen LogP contribution in [-0.2, 0) is 6.42 Å². The average Bonchev–Trinajstić information content (AvgIpc) is 2.92. The highest BCUT2D eigenvalue weighted by Crippen LogP contribution is 2.36. The monoisotopic (exact) mass is 330 g/mol. The lowest BCUT2D eigenvalue weighted by Gasteiger charge is -2.08. The zero-order chi connectivity index (χ0) is 15.4. The summed E-state index contributed by atoms with van der Waals surface area (Å²) in [5.74, 6) is 0.0112. The molecule has 0 aliphatic heterocycles. The van der Waals surface area contributed by atoms with Gasteiger partial charge in [-0.15, -0.1) is 12.4 Å². The minimum Gasteiger partial charge on any atom is -0.351 e. The van der Waals surface area contributed by atoms with Crippen LogP contribution in [0.25, 0.3) is 11.1 Å². The summed E-state index contributed by atoms with van der Waals surface area (Å²) in [6.45, 7) is 4.60. The number of fused-ring (bicyclic) bond motifs is 3. The van der Waals surface area contributed by atoms with Crippen LogP contribution >= 0.6 is 12.4 Å². The third-order valence-electron chi connectivity index (χ3n) is 4.07. The minimum atomic E-state index is 0. The van der Waals surface area contributed by atoms with Gasteiger partial charge in [-0.05, 0) is 53.8 Å². The fourth-order valence-corrected chi connectivity index (χ4v) is 2.95. The Morgan fingerprint density at radius 2 is 1.78 bits per heavy atom. The summed E-state index contributed by atoms with van der Waals surface area (Å²) < 4.78 is 0. The highest BCUT2D eigenvalue weighted by molar-refractivity contribution is 5.95. The molecule has 23 heavy (non-hydrogen) atoms. The van der Waals surface area contributed by atoms with Crippen LogP contribution in [-0.4, -0.2) is 25.5 Å². The third-order valence-corrected chi connectivity index (χ3v) is 4.07. The first-order valence-corrected chi connectivity index (χ1v) is 7.99. The van der Waals surface area contributed by atoms with E-state index in [2.05, 4.69) is 47.9 Å². The van der Waals surface area contributed by atoms with Crippen LogP contribution in [0.5, 0.6) is 0 Å². The van der Waals surface area contributed by atoms with Gasteiger partial charge in [-0.3, -0.25) is 4.79 Å². The Kier molecular flexibility index (Phi) is 6.20. The SMILES string of the molecule is CCCNCCNC(=O)c1ccc2c(c1)Cc1ccccc1-2.Cl. The second-order valence-electron chi connectivity index (χ2n) is 5.71. The quantitative estimate of drug-likeness (QED) is 0.680. The molecule has 3 nitrogen and oxygen atoms in total. The summed E-state index contributed by atoms with van der Waals surface area (Å²) >= 11 is 0. The number of hydrogen-bond donors (Lipinski definition) is 2. The number of rotatable bonds is 6. The zero-order valence-electron chi connectivity index (χ0n) is 13.4. The maximum Gasteiger partial charge on any atom is 0.251 e. The normalized spacial score (nSPS) is 11.3. The summed E-state index contributed by atoms with van der Waals surface area (Å²) in [5.41, 5.74) is 5.91. The lowest BCUT2D eigenvalue weighted by Crippen LogP contribution is -2.32. The molecule has 4 heteroatoms. The molecular formula is C19H23ClN2O. The molecular weight excluding hydrogens is 308 g/mol. The standard InChI is InChI=1S/C19H22N2O.ClH/c1-2-9-20-10-11-21-19(22)15-7-8-18-16(13-15)12-14-5-3-4-6-17(14)18;/h3-8,13,20H,2,9-12H2,1H3,(H,21,22);1H. The predicted molar refractivity (Wildman–Crippen MR) is 97.4 cm³/mol. The van der Waals surface area contributed by atoms with Gasteiger partial charge >= 0.3 is 0 Å². The van der Waals surface area contributed by atoms with E-state index in [1.165, 1.54) is 22.3 Å². The van der Waals surface area contributed by atoms with E-state index in [1.807, 2.05) is 12.1 Å². The Bertz CT molecular complexity index is 685.